The highest BCUT2D eigenvalue weighted by Crippen LogP contribution is 2.52. The van der Waals surface area contributed by atoms with Crippen molar-refractivity contribution in [1.29, 1.82) is 0 Å². The number of rotatable bonds is 6. The molecule has 2 aromatic rings. The number of amidine groups is 2. The third-order valence-corrected chi connectivity index (χ3v) is 5.80. The Bertz CT molecular complexity index is 1210. The molecule has 0 aliphatic carbocycles. The van der Waals surface area contributed by atoms with Gasteiger partial charge in [0, 0.05) is 11.4 Å². The standard InChI is InChI=1S/C20H6Cl4F14N3/c21-7-3-1-4-8(22)11(7)39-13(15(25,26)17(29,30)19(33,34)35)41-14(16(27,28)18(31,32)20(36,37)38)40-12-9(23)5-2-6-10(12)24/h1-6H/q-1. The second kappa shape index (κ2) is 11.4. The molecule has 2 aromatic carbocycles. The van der Waals surface area contributed by atoms with Crippen LogP contribution in [-0.2, 0) is 0 Å². The Balaban J connectivity index is 3.04. The van der Waals surface area contributed by atoms with Gasteiger partial charge in [0.25, 0.3) is 0 Å². The molecular formula is C20H6Cl4F14N3-. The molecule has 0 bridgehead atoms. The highest BCUT2D eigenvalue weighted by molar-refractivity contribution is 6.40. The van der Waals surface area contributed by atoms with Crippen molar-refractivity contribution in [1.82, 2.24) is 0 Å². The van der Waals surface area contributed by atoms with Gasteiger partial charge in [0.15, 0.2) is 0 Å². The van der Waals surface area contributed by atoms with Crippen LogP contribution in [0.1, 0.15) is 0 Å². The SMILES string of the molecule is FC(F)(F)C(F)(F)C(F)(F)C(=Nc1c(Cl)cccc1Cl)[N-]C(=Nc1c(Cl)cccc1Cl)C(F)(F)C(F)(F)C(F)(F)F. The third-order valence-electron chi connectivity index (χ3n) is 4.58. The molecule has 0 N–H and O–H groups in total. The lowest BCUT2D eigenvalue weighted by molar-refractivity contribution is -0.337. The van der Waals surface area contributed by atoms with Gasteiger partial charge in [-0.05, 0) is 24.3 Å². The van der Waals surface area contributed by atoms with Gasteiger partial charge in [-0.25, -0.2) is 0 Å². The molecule has 2 rings (SSSR count). The molecule has 0 saturated heterocycles. The number of aliphatic imine (C=N–C) groups is 2. The number of hydrogen-bond donors (Lipinski definition) is 0. The maximum Gasteiger partial charge on any atom is 0.460 e. The minimum Gasteiger partial charge on any atom is -0.357 e. The number of para-hydroxylation sites is 2. The van der Waals surface area contributed by atoms with E-state index in [0.717, 1.165) is 36.4 Å². The van der Waals surface area contributed by atoms with Crippen LogP contribution in [0.15, 0.2) is 46.4 Å². The van der Waals surface area contributed by atoms with E-state index in [2.05, 4.69) is 9.98 Å². The Labute approximate surface area is 238 Å². The third kappa shape index (κ3) is 6.57. The van der Waals surface area contributed by atoms with Crippen molar-refractivity contribution < 1.29 is 61.5 Å². The van der Waals surface area contributed by atoms with Crippen molar-refractivity contribution >= 4 is 69.4 Å². The lowest BCUT2D eigenvalue weighted by atomic mass is 10.1. The Morgan fingerprint density at radius 3 is 0.951 bits per heavy atom. The summed E-state index contributed by atoms with van der Waals surface area (Å²) >= 11 is 22.4. The average Bonchev–Trinajstić information content (AvgIpc) is 2.80. The number of nitrogens with zero attached hydrogens (tertiary/aromatic N) is 3. The zero-order valence-electron chi connectivity index (χ0n) is 18.6. The summed E-state index contributed by atoms with van der Waals surface area (Å²) in [5.74, 6) is -35.1. The van der Waals surface area contributed by atoms with Crippen LogP contribution < -0.4 is 0 Å². The van der Waals surface area contributed by atoms with Gasteiger partial charge in [-0.2, -0.15) is 61.5 Å². The lowest BCUT2D eigenvalue weighted by Crippen LogP contribution is -2.59. The van der Waals surface area contributed by atoms with Gasteiger partial charge >= 0.3 is 36.0 Å². The first-order valence-corrected chi connectivity index (χ1v) is 11.2. The van der Waals surface area contributed by atoms with Crippen LogP contribution in [0.2, 0.25) is 20.1 Å². The van der Waals surface area contributed by atoms with E-state index in [0.29, 0.717) is 0 Å². The summed E-state index contributed by atoms with van der Waals surface area (Å²) in [6.45, 7) is 0. The fraction of sp³-hybridized carbons (Fsp3) is 0.300. The first-order valence-electron chi connectivity index (χ1n) is 9.73. The van der Waals surface area contributed by atoms with Crippen LogP contribution in [0.25, 0.3) is 5.32 Å². The second-order valence-corrected chi connectivity index (χ2v) is 9.05. The van der Waals surface area contributed by atoms with E-state index >= 15 is 0 Å². The molecule has 0 radical (unpaired) electrons. The Hall–Kier alpha value is -2.24. The molecule has 21 heteroatoms. The number of alkyl halides is 14. The molecule has 0 aromatic heterocycles. The summed E-state index contributed by atoms with van der Waals surface area (Å²) in [5, 5.41) is -1.74. The minimum absolute atomic E-state index is 0.717. The quantitative estimate of drug-likeness (QED) is 0.164. The van der Waals surface area contributed by atoms with Crippen LogP contribution >= 0.6 is 46.4 Å². The number of halogens is 18. The molecule has 0 heterocycles. The Kier molecular flexibility index (Phi) is 9.76. The normalized spacial score (nSPS) is 14.9. The van der Waals surface area contributed by atoms with E-state index < -0.39 is 79.2 Å². The van der Waals surface area contributed by atoms with Gasteiger partial charge in [0.05, 0.1) is 31.8 Å². The average molecular weight is 696 g/mol. The molecule has 3 nitrogen and oxygen atoms in total. The summed E-state index contributed by atoms with van der Waals surface area (Å²) in [4.78, 5) is 5.09. The van der Waals surface area contributed by atoms with Crippen LogP contribution in [-0.4, -0.2) is 47.7 Å². The van der Waals surface area contributed by atoms with Crippen molar-refractivity contribution in [2.45, 2.75) is 36.0 Å². The first-order chi connectivity index (χ1) is 18.3. The molecular weight excluding hydrogens is 690 g/mol. The van der Waals surface area contributed by atoms with E-state index in [1.54, 1.807) is 0 Å². The maximum absolute atomic E-state index is 14.7. The largest absolute Gasteiger partial charge is 0.460 e. The number of hydrogen-bond acceptors (Lipinski definition) is 2. The summed E-state index contributed by atoms with van der Waals surface area (Å²) in [7, 11) is 0. The van der Waals surface area contributed by atoms with E-state index in [1.165, 1.54) is 0 Å². The maximum atomic E-state index is 14.7. The Morgan fingerprint density at radius 1 is 0.488 bits per heavy atom. The minimum atomic E-state index is -7.26. The van der Waals surface area contributed by atoms with Crippen LogP contribution in [0, 0.1) is 0 Å². The predicted molar refractivity (Wildman–Crippen MR) is 122 cm³/mol. The molecule has 0 saturated carbocycles. The molecule has 0 aliphatic heterocycles. The van der Waals surface area contributed by atoms with Crippen molar-refractivity contribution in [3.8, 4) is 0 Å². The summed E-state index contributed by atoms with van der Waals surface area (Å²) in [5.41, 5.74) is -2.71. The van der Waals surface area contributed by atoms with E-state index in [9.17, 15) is 61.5 Å². The fourth-order valence-corrected chi connectivity index (χ4v) is 3.44. The molecule has 228 valence electrons. The first kappa shape index (κ1) is 35.0. The molecule has 41 heavy (non-hydrogen) atoms. The van der Waals surface area contributed by atoms with Crippen molar-refractivity contribution in [3.63, 3.8) is 0 Å². The van der Waals surface area contributed by atoms with Crippen molar-refractivity contribution in [2.24, 2.45) is 9.98 Å². The van der Waals surface area contributed by atoms with E-state index in [4.69, 9.17) is 46.4 Å². The zero-order chi connectivity index (χ0) is 32.0. The smallest absolute Gasteiger partial charge is 0.357 e. The summed E-state index contributed by atoms with van der Waals surface area (Å²) in [6, 6.07) is 4.77. The Morgan fingerprint density at radius 2 is 0.732 bits per heavy atom. The van der Waals surface area contributed by atoms with Gasteiger partial charge < -0.3 is 15.3 Å². The number of benzene rings is 2. The van der Waals surface area contributed by atoms with E-state index in [-0.39, 0.29) is 0 Å². The molecule has 0 fully saturated rings. The molecule has 0 spiro atoms. The van der Waals surface area contributed by atoms with E-state index in [1.807, 2.05) is 5.32 Å². The van der Waals surface area contributed by atoms with Crippen LogP contribution in [0.5, 0.6) is 0 Å². The molecule has 0 aliphatic rings. The predicted octanol–water partition coefficient (Wildman–Crippen LogP) is 11.1. The highest BCUT2D eigenvalue weighted by atomic mass is 35.5. The molecule has 0 amide bonds. The van der Waals surface area contributed by atoms with Crippen LogP contribution in [0.3, 0.4) is 0 Å². The second-order valence-electron chi connectivity index (χ2n) is 7.42. The topological polar surface area (TPSA) is 38.8 Å². The van der Waals surface area contributed by atoms with Gasteiger partial charge in [0.2, 0.25) is 0 Å². The highest BCUT2D eigenvalue weighted by Gasteiger charge is 2.76. The van der Waals surface area contributed by atoms with Gasteiger partial charge in [-0.15, -0.1) is 0 Å². The van der Waals surface area contributed by atoms with Gasteiger partial charge in [0.1, 0.15) is 0 Å². The lowest BCUT2D eigenvalue weighted by Gasteiger charge is -2.36. The van der Waals surface area contributed by atoms with Gasteiger partial charge in [-0.1, -0.05) is 58.5 Å². The van der Waals surface area contributed by atoms with Crippen molar-refractivity contribution in [2.75, 3.05) is 0 Å². The van der Waals surface area contributed by atoms with Crippen LogP contribution in [0.4, 0.5) is 72.8 Å². The van der Waals surface area contributed by atoms with Gasteiger partial charge in [-0.3, -0.25) is 0 Å². The summed E-state index contributed by atoms with van der Waals surface area (Å²) < 4.78 is 192. The monoisotopic (exact) mass is 694 g/mol. The fourth-order valence-electron chi connectivity index (χ4n) is 2.47. The molecule has 0 atom stereocenters. The summed E-state index contributed by atoms with van der Waals surface area (Å²) in [6.07, 6.45) is -14.4. The van der Waals surface area contributed by atoms with Crippen molar-refractivity contribution in [3.05, 3.63) is 61.8 Å². The molecule has 0 unspecified atom stereocenters. The zero-order valence-corrected chi connectivity index (χ0v) is 21.6.